The van der Waals surface area contributed by atoms with Crippen LogP contribution in [0.4, 0.5) is 0 Å². The topological polar surface area (TPSA) is 58.4 Å². The van der Waals surface area contributed by atoms with Gasteiger partial charge in [0.25, 0.3) is 0 Å². The first kappa shape index (κ1) is 22.8. The van der Waals surface area contributed by atoms with Gasteiger partial charge in [-0.2, -0.15) is 0 Å². The Morgan fingerprint density at radius 2 is 2.06 bits per heavy atom. The molecule has 0 bridgehead atoms. The molecule has 1 aliphatic carbocycles. The third kappa shape index (κ3) is 5.89. The molecule has 5 nitrogen and oxygen atoms in total. The van der Waals surface area contributed by atoms with Crippen LogP contribution in [0.15, 0.2) is 40.3 Å². The third-order valence-corrected chi connectivity index (χ3v) is 6.88. The Labute approximate surface area is 192 Å². The van der Waals surface area contributed by atoms with Crippen molar-refractivity contribution in [3.05, 3.63) is 52.9 Å². The Morgan fingerprint density at radius 1 is 1.22 bits per heavy atom. The Hall–Kier alpha value is -2.40. The van der Waals surface area contributed by atoms with E-state index in [1.54, 1.807) is 0 Å². The van der Waals surface area contributed by atoms with Gasteiger partial charge in [0.2, 0.25) is 11.8 Å². The normalized spacial score (nSPS) is 19.6. The van der Waals surface area contributed by atoms with Crippen molar-refractivity contribution in [3.8, 4) is 11.5 Å². The van der Waals surface area contributed by atoms with Gasteiger partial charge in [0.1, 0.15) is 5.76 Å². The number of carbonyl (C=O) groups excluding carboxylic acids is 1. The molecule has 0 radical (unpaired) electrons. The van der Waals surface area contributed by atoms with Gasteiger partial charge in [0, 0.05) is 25.2 Å². The van der Waals surface area contributed by atoms with Crippen molar-refractivity contribution in [3.63, 3.8) is 0 Å². The van der Waals surface area contributed by atoms with Crippen LogP contribution in [0.5, 0.6) is 0 Å². The molecule has 2 aromatic rings. The van der Waals surface area contributed by atoms with Crippen molar-refractivity contribution in [2.24, 2.45) is 5.92 Å². The predicted molar refractivity (Wildman–Crippen MR) is 128 cm³/mol. The standard InChI is InChI=1S/C27H37N3O2/c1-3-21-11-13-23(14-12-21)27-29-25(20(2)32-27)19-30-17-7-10-24(18-30)26(31)28-16-15-22-8-5-4-6-9-22/h8,11-14,24H,3-7,9-10,15-19H2,1-2H3,(H,28,31)/t24-/m0/s1. The van der Waals surface area contributed by atoms with Gasteiger partial charge in [-0.15, -0.1) is 0 Å². The first-order valence-electron chi connectivity index (χ1n) is 12.4. The first-order valence-corrected chi connectivity index (χ1v) is 12.4. The SMILES string of the molecule is CCc1ccc(-c2nc(CN3CCC[C@H](C(=O)NCCC4=CCCCC4)C3)c(C)o2)cc1. The second-order valence-electron chi connectivity index (χ2n) is 9.30. The number of aryl methyl sites for hydroxylation is 2. The number of nitrogens with one attached hydrogen (secondary N) is 1. The van der Waals surface area contributed by atoms with E-state index in [2.05, 4.69) is 47.5 Å². The average molecular weight is 436 g/mol. The maximum Gasteiger partial charge on any atom is 0.226 e. The van der Waals surface area contributed by atoms with E-state index in [1.165, 1.54) is 36.8 Å². The maximum absolute atomic E-state index is 12.8. The highest BCUT2D eigenvalue weighted by Crippen LogP contribution is 2.25. The van der Waals surface area contributed by atoms with Gasteiger partial charge in [0.05, 0.1) is 11.6 Å². The van der Waals surface area contributed by atoms with Crippen LogP contribution in [0.2, 0.25) is 0 Å². The Morgan fingerprint density at radius 3 is 2.81 bits per heavy atom. The number of hydrogen-bond donors (Lipinski definition) is 1. The lowest BCUT2D eigenvalue weighted by atomic mass is 9.96. The summed E-state index contributed by atoms with van der Waals surface area (Å²) in [6.45, 7) is 7.44. The van der Waals surface area contributed by atoms with E-state index >= 15 is 0 Å². The molecule has 0 unspecified atom stereocenters. The van der Waals surface area contributed by atoms with E-state index in [4.69, 9.17) is 9.40 Å². The number of piperidine rings is 1. The summed E-state index contributed by atoms with van der Waals surface area (Å²) in [6, 6.07) is 8.43. The van der Waals surface area contributed by atoms with Crippen molar-refractivity contribution in [1.82, 2.24) is 15.2 Å². The number of benzene rings is 1. The lowest BCUT2D eigenvalue weighted by Crippen LogP contribution is -2.43. The zero-order valence-electron chi connectivity index (χ0n) is 19.7. The number of oxazole rings is 1. The zero-order chi connectivity index (χ0) is 22.3. The fraction of sp³-hybridized carbons (Fsp3) is 0.556. The van der Waals surface area contributed by atoms with Crippen LogP contribution in [0.1, 0.15) is 68.9 Å². The van der Waals surface area contributed by atoms with E-state index in [0.29, 0.717) is 5.89 Å². The second-order valence-corrected chi connectivity index (χ2v) is 9.30. The van der Waals surface area contributed by atoms with Gasteiger partial charge in [-0.05, 0) is 82.5 Å². The van der Waals surface area contributed by atoms with Crippen molar-refractivity contribution in [2.45, 2.75) is 71.8 Å². The van der Waals surface area contributed by atoms with Crippen LogP contribution in [-0.4, -0.2) is 35.4 Å². The fourth-order valence-corrected chi connectivity index (χ4v) is 4.83. The smallest absolute Gasteiger partial charge is 0.226 e. The number of rotatable bonds is 8. The molecule has 172 valence electrons. The molecule has 1 atom stereocenters. The number of nitrogens with zero attached hydrogens (tertiary/aromatic N) is 2. The molecule has 1 N–H and O–H groups in total. The van der Waals surface area contributed by atoms with E-state index in [1.807, 2.05) is 6.92 Å². The minimum Gasteiger partial charge on any atom is -0.441 e. The predicted octanol–water partition coefficient (Wildman–Crippen LogP) is 5.43. The monoisotopic (exact) mass is 435 g/mol. The minimum absolute atomic E-state index is 0.0670. The Bertz CT molecular complexity index is 929. The highest BCUT2D eigenvalue weighted by atomic mass is 16.4. The zero-order valence-corrected chi connectivity index (χ0v) is 19.7. The minimum atomic E-state index is 0.0670. The molecule has 2 heterocycles. The molecular weight excluding hydrogens is 398 g/mol. The molecule has 0 spiro atoms. The highest BCUT2D eigenvalue weighted by Gasteiger charge is 2.27. The van der Waals surface area contributed by atoms with E-state index in [-0.39, 0.29) is 11.8 Å². The largest absolute Gasteiger partial charge is 0.441 e. The summed E-state index contributed by atoms with van der Waals surface area (Å²) in [5.41, 5.74) is 4.82. The average Bonchev–Trinajstić information content (AvgIpc) is 3.20. The van der Waals surface area contributed by atoms with Crippen molar-refractivity contribution in [2.75, 3.05) is 19.6 Å². The molecule has 32 heavy (non-hydrogen) atoms. The number of carbonyl (C=O) groups is 1. The molecule has 1 aromatic carbocycles. The molecule has 5 heteroatoms. The molecule has 1 aromatic heterocycles. The fourth-order valence-electron chi connectivity index (χ4n) is 4.83. The lowest BCUT2D eigenvalue weighted by Gasteiger charge is -2.31. The summed E-state index contributed by atoms with van der Waals surface area (Å²) in [4.78, 5) is 19.9. The van der Waals surface area contributed by atoms with Gasteiger partial charge < -0.3 is 9.73 Å². The summed E-state index contributed by atoms with van der Waals surface area (Å²) in [7, 11) is 0. The molecule has 4 rings (SSSR count). The number of likely N-dealkylation sites (tertiary alicyclic amines) is 1. The van der Waals surface area contributed by atoms with Crippen LogP contribution in [0, 0.1) is 12.8 Å². The number of hydrogen-bond acceptors (Lipinski definition) is 4. The summed E-state index contributed by atoms with van der Waals surface area (Å²) < 4.78 is 5.98. The van der Waals surface area contributed by atoms with Crippen LogP contribution in [0.3, 0.4) is 0 Å². The quantitative estimate of drug-likeness (QED) is 0.562. The Kier molecular flexibility index (Phi) is 7.80. The van der Waals surface area contributed by atoms with Crippen molar-refractivity contribution in [1.29, 1.82) is 0 Å². The van der Waals surface area contributed by atoms with Crippen LogP contribution < -0.4 is 5.32 Å². The Balaban J connectivity index is 1.30. The molecule has 1 amide bonds. The van der Waals surface area contributed by atoms with Gasteiger partial charge in [-0.1, -0.05) is 30.7 Å². The van der Waals surface area contributed by atoms with Crippen molar-refractivity contribution < 1.29 is 9.21 Å². The summed E-state index contributed by atoms with van der Waals surface area (Å²) in [5.74, 6) is 1.83. The summed E-state index contributed by atoms with van der Waals surface area (Å²) in [6.07, 6.45) is 11.4. The number of allylic oxidation sites excluding steroid dienone is 1. The number of amides is 1. The summed E-state index contributed by atoms with van der Waals surface area (Å²) >= 11 is 0. The van der Waals surface area contributed by atoms with Gasteiger partial charge in [-0.3, -0.25) is 9.69 Å². The van der Waals surface area contributed by atoms with E-state index in [0.717, 1.165) is 68.9 Å². The van der Waals surface area contributed by atoms with Crippen LogP contribution in [-0.2, 0) is 17.8 Å². The first-order chi connectivity index (χ1) is 15.6. The summed E-state index contributed by atoms with van der Waals surface area (Å²) in [5, 5.41) is 3.19. The van der Waals surface area contributed by atoms with Gasteiger partial charge in [-0.25, -0.2) is 4.98 Å². The molecule has 1 fully saturated rings. The van der Waals surface area contributed by atoms with Crippen LogP contribution >= 0.6 is 0 Å². The third-order valence-electron chi connectivity index (χ3n) is 6.88. The highest BCUT2D eigenvalue weighted by molar-refractivity contribution is 5.79. The van der Waals surface area contributed by atoms with Gasteiger partial charge in [0.15, 0.2) is 0 Å². The van der Waals surface area contributed by atoms with Crippen molar-refractivity contribution >= 4 is 5.91 Å². The number of aromatic nitrogens is 1. The molecule has 1 aliphatic heterocycles. The van der Waals surface area contributed by atoms with E-state index in [9.17, 15) is 4.79 Å². The lowest BCUT2D eigenvalue weighted by molar-refractivity contribution is -0.126. The molecular formula is C27H37N3O2. The van der Waals surface area contributed by atoms with Gasteiger partial charge >= 0.3 is 0 Å². The van der Waals surface area contributed by atoms with Crippen LogP contribution in [0.25, 0.3) is 11.5 Å². The second kappa shape index (κ2) is 11.0. The molecule has 2 aliphatic rings. The molecule has 0 saturated carbocycles. The van der Waals surface area contributed by atoms with E-state index < -0.39 is 0 Å². The maximum atomic E-state index is 12.8. The molecule has 1 saturated heterocycles.